The van der Waals surface area contributed by atoms with Gasteiger partial charge in [0.25, 0.3) is 0 Å². The highest BCUT2D eigenvalue weighted by molar-refractivity contribution is 5.77. The number of imidazole rings is 1. The van der Waals surface area contributed by atoms with Gasteiger partial charge in [-0.1, -0.05) is 6.92 Å². The molecule has 0 aliphatic rings. The molecule has 88 valence electrons. The lowest BCUT2D eigenvalue weighted by atomic mass is 10.2. The van der Waals surface area contributed by atoms with E-state index in [-0.39, 0.29) is 0 Å². The molecule has 0 fully saturated rings. The normalized spacial score (nSPS) is 12.1. The van der Waals surface area contributed by atoms with E-state index < -0.39 is 12.0 Å². The summed E-state index contributed by atoms with van der Waals surface area (Å²) in [5, 5.41) is 9.10. The van der Waals surface area contributed by atoms with Crippen LogP contribution in [0.4, 0.5) is 0 Å². The van der Waals surface area contributed by atoms with Crippen LogP contribution in [-0.2, 0) is 16.1 Å². The van der Waals surface area contributed by atoms with Crippen molar-refractivity contribution in [3.63, 3.8) is 0 Å². The maximum atomic E-state index is 11.1. The summed E-state index contributed by atoms with van der Waals surface area (Å²) >= 11 is 0. The first kappa shape index (κ1) is 12.2. The van der Waals surface area contributed by atoms with Crippen molar-refractivity contribution >= 4 is 12.4 Å². The molecule has 0 radical (unpaired) electrons. The molecule has 0 aliphatic heterocycles. The summed E-state index contributed by atoms with van der Waals surface area (Å²) in [6.45, 7) is 2.68. The van der Waals surface area contributed by atoms with Gasteiger partial charge in [0, 0.05) is 13.6 Å². The molecule has 1 heterocycles. The fourth-order valence-electron chi connectivity index (χ4n) is 1.56. The number of carboxylic acids is 1. The van der Waals surface area contributed by atoms with Gasteiger partial charge < -0.3 is 14.6 Å². The average Bonchev–Trinajstić information content (AvgIpc) is 2.66. The third kappa shape index (κ3) is 2.39. The van der Waals surface area contributed by atoms with Crippen molar-refractivity contribution < 1.29 is 14.7 Å². The number of carboxylic acid groups (broad SMARTS) is 1. The van der Waals surface area contributed by atoms with Crippen LogP contribution in [0.1, 0.15) is 25.1 Å². The molecule has 0 saturated heterocycles. The van der Waals surface area contributed by atoms with Crippen molar-refractivity contribution in [1.29, 1.82) is 0 Å². The van der Waals surface area contributed by atoms with E-state index in [1.54, 1.807) is 10.9 Å². The van der Waals surface area contributed by atoms with Crippen LogP contribution in [0, 0.1) is 0 Å². The number of aromatic nitrogens is 2. The molecule has 0 saturated carbocycles. The molecule has 1 N–H and O–H groups in total. The van der Waals surface area contributed by atoms with E-state index in [0.29, 0.717) is 18.6 Å². The summed E-state index contributed by atoms with van der Waals surface area (Å²) in [7, 11) is 1.44. The van der Waals surface area contributed by atoms with E-state index in [9.17, 15) is 9.59 Å². The van der Waals surface area contributed by atoms with E-state index in [0.717, 1.165) is 11.3 Å². The van der Waals surface area contributed by atoms with Gasteiger partial charge in [0.05, 0.1) is 18.2 Å². The van der Waals surface area contributed by atoms with Crippen LogP contribution in [0.2, 0.25) is 0 Å². The highest BCUT2D eigenvalue weighted by Crippen LogP contribution is 2.18. The second-order valence-corrected chi connectivity index (χ2v) is 3.52. The number of amides is 1. The Kier molecular flexibility index (Phi) is 4.04. The van der Waals surface area contributed by atoms with Crippen molar-refractivity contribution in [2.75, 3.05) is 7.05 Å². The van der Waals surface area contributed by atoms with Crippen molar-refractivity contribution in [1.82, 2.24) is 14.5 Å². The average molecular weight is 225 g/mol. The van der Waals surface area contributed by atoms with Crippen LogP contribution in [0.25, 0.3) is 0 Å². The zero-order valence-corrected chi connectivity index (χ0v) is 9.33. The maximum Gasteiger partial charge on any atom is 0.332 e. The Hall–Kier alpha value is -1.85. The van der Waals surface area contributed by atoms with E-state index >= 15 is 0 Å². The van der Waals surface area contributed by atoms with Gasteiger partial charge in [-0.2, -0.15) is 0 Å². The monoisotopic (exact) mass is 225 g/mol. The summed E-state index contributed by atoms with van der Waals surface area (Å²) < 4.78 is 1.75. The molecule has 0 aliphatic carbocycles. The zero-order valence-electron chi connectivity index (χ0n) is 9.33. The maximum absolute atomic E-state index is 11.1. The highest BCUT2D eigenvalue weighted by atomic mass is 16.4. The molecule has 6 heteroatoms. The Morgan fingerprint density at radius 1 is 1.75 bits per heavy atom. The van der Waals surface area contributed by atoms with Crippen molar-refractivity contribution in [2.24, 2.45) is 0 Å². The van der Waals surface area contributed by atoms with Gasteiger partial charge in [0.1, 0.15) is 0 Å². The third-order valence-electron chi connectivity index (χ3n) is 2.30. The topological polar surface area (TPSA) is 75.4 Å². The number of hydrogen-bond donors (Lipinski definition) is 1. The first-order chi connectivity index (χ1) is 7.61. The van der Waals surface area contributed by atoms with E-state index in [1.807, 2.05) is 6.92 Å². The predicted octanol–water partition coefficient (Wildman–Crippen LogP) is 0.507. The van der Waals surface area contributed by atoms with Crippen LogP contribution < -0.4 is 0 Å². The minimum Gasteiger partial charge on any atom is -0.479 e. The number of likely N-dealkylation sites (N-methyl/N-ethyl adjacent to an activating group) is 1. The number of nitrogens with zero attached hydrogens (tertiary/aromatic N) is 3. The molecule has 6 nitrogen and oxygen atoms in total. The second kappa shape index (κ2) is 5.29. The summed E-state index contributed by atoms with van der Waals surface area (Å²) in [5.74, 6) is -1.06. The number of hydrogen-bond acceptors (Lipinski definition) is 3. The standard InChI is InChI=1S/C10H15N3O3/c1-3-4-13-6-11-5-8(13)9(10(15)16)12(2)7-14/h5-7,9H,3-4H2,1-2H3,(H,15,16). The van der Waals surface area contributed by atoms with E-state index in [2.05, 4.69) is 4.98 Å². The van der Waals surface area contributed by atoms with Gasteiger partial charge in [0.15, 0.2) is 6.04 Å². The Labute approximate surface area is 93.5 Å². The van der Waals surface area contributed by atoms with Gasteiger partial charge in [-0.05, 0) is 6.42 Å². The fourth-order valence-corrected chi connectivity index (χ4v) is 1.56. The molecular formula is C10H15N3O3. The van der Waals surface area contributed by atoms with E-state index in [1.165, 1.54) is 13.2 Å². The molecule has 1 amide bonds. The molecule has 1 aromatic heterocycles. The van der Waals surface area contributed by atoms with Crippen LogP contribution in [-0.4, -0.2) is 39.0 Å². The Bertz CT molecular complexity index is 375. The molecule has 1 rings (SSSR count). The van der Waals surface area contributed by atoms with Crippen LogP contribution in [0.5, 0.6) is 0 Å². The lowest BCUT2D eigenvalue weighted by Gasteiger charge is -2.21. The minimum atomic E-state index is -1.06. The minimum absolute atomic E-state index is 0.502. The SMILES string of the molecule is CCCn1cncc1C(C(=O)O)N(C)C=O. The van der Waals surface area contributed by atoms with Gasteiger partial charge in [0.2, 0.25) is 6.41 Å². The lowest BCUT2D eigenvalue weighted by molar-refractivity contribution is -0.146. The van der Waals surface area contributed by atoms with Gasteiger partial charge in [-0.3, -0.25) is 4.79 Å². The summed E-state index contributed by atoms with van der Waals surface area (Å²) in [6, 6.07) is -0.980. The van der Waals surface area contributed by atoms with Crippen molar-refractivity contribution in [2.45, 2.75) is 25.9 Å². The zero-order chi connectivity index (χ0) is 12.1. The molecule has 16 heavy (non-hydrogen) atoms. The Morgan fingerprint density at radius 2 is 2.44 bits per heavy atom. The molecule has 1 aromatic rings. The smallest absolute Gasteiger partial charge is 0.332 e. The third-order valence-corrected chi connectivity index (χ3v) is 2.30. The van der Waals surface area contributed by atoms with Crippen LogP contribution >= 0.6 is 0 Å². The Morgan fingerprint density at radius 3 is 2.94 bits per heavy atom. The Balaban J connectivity index is 3.05. The largest absolute Gasteiger partial charge is 0.479 e. The second-order valence-electron chi connectivity index (χ2n) is 3.52. The van der Waals surface area contributed by atoms with Crippen LogP contribution in [0.15, 0.2) is 12.5 Å². The van der Waals surface area contributed by atoms with Crippen molar-refractivity contribution in [3.8, 4) is 0 Å². The lowest BCUT2D eigenvalue weighted by Crippen LogP contribution is -2.31. The number of aliphatic carboxylic acids is 1. The summed E-state index contributed by atoms with van der Waals surface area (Å²) in [6.07, 6.45) is 4.43. The van der Waals surface area contributed by atoms with Gasteiger partial charge >= 0.3 is 5.97 Å². The van der Waals surface area contributed by atoms with Crippen molar-refractivity contribution in [3.05, 3.63) is 18.2 Å². The molecular weight excluding hydrogens is 210 g/mol. The van der Waals surface area contributed by atoms with Gasteiger partial charge in [-0.15, -0.1) is 0 Å². The number of aryl methyl sites for hydroxylation is 1. The van der Waals surface area contributed by atoms with E-state index in [4.69, 9.17) is 5.11 Å². The number of rotatable bonds is 6. The molecule has 0 spiro atoms. The first-order valence-electron chi connectivity index (χ1n) is 5.01. The molecule has 1 atom stereocenters. The highest BCUT2D eigenvalue weighted by Gasteiger charge is 2.26. The predicted molar refractivity (Wildman–Crippen MR) is 56.7 cm³/mol. The van der Waals surface area contributed by atoms with Gasteiger partial charge in [-0.25, -0.2) is 9.78 Å². The fraction of sp³-hybridized carbons (Fsp3) is 0.500. The first-order valence-corrected chi connectivity index (χ1v) is 5.01. The molecule has 0 aromatic carbocycles. The number of carbonyl (C=O) groups is 2. The molecule has 0 bridgehead atoms. The van der Waals surface area contributed by atoms with Crippen LogP contribution in [0.3, 0.4) is 0 Å². The molecule has 1 unspecified atom stereocenters. The summed E-state index contributed by atoms with van der Waals surface area (Å²) in [5.41, 5.74) is 0.518. The quantitative estimate of drug-likeness (QED) is 0.715. The number of carbonyl (C=O) groups excluding carboxylic acids is 1. The summed E-state index contributed by atoms with van der Waals surface area (Å²) in [4.78, 5) is 26.8.